The minimum atomic E-state index is -0.779. The summed E-state index contributed by atoms with van der Waals surface area (Å²) in [5.41, 5.74) is 2.24. The summed E-state index contributed by atoms with van der Waals surface area (Å²) in [5.74, 6) is 0.975. The number of aromatic nitrogens is 1. The predicted molar refractivity (Wildman–Crippen MR) is 142 cm³/mol. The first-order valence-electron chi connectivity index (χ1n) is 11.9. The summed E-state index contributed by atoms with van der Waals surface area (Å²) in [7, 11) is 1.54. The molecule has 1 aliphatic rings. The lowest BCUT2D eigenvalue weighted by Gasteiger charge is -2.25. The molecule has 8 nitrogen and oxygen atoms in total. The summed E-state index contributed by atoms with van der Waals surface area (Å²) >= 11 is 1.20. The van der Waals surface area contributed by atoms with Gasteiger partial charge in [0.2, 0.25) is 0 Å². The molecule has 0 amide bonds. The van der Waals surface area contributed by atoms with Crippen LogP contribution in [0.3, 0.4) is 0 Å². The normalized spacial score (nSPS) is 15.0. The first kappa shape index (κ1) is 25.0. The van der Waals surface area contributed by atoms with Crippen LogP contribution in [0.2, 0.25) is 0 Å². The van der Waals surface area contributed by atoms with E-state index in [4.69, 9.17) is 13.9 Å². The third-order valence-electron chi connectivity index (χ3n) is 6.16. The number of esters is 1. The minimum absolute atomic E-state index is 0.189. The Morgan fingerprint density at radius 3 is 2.71 bits per heavy atom. The van der Waals surface area contributed by atoms with Gasteiger partial charge in [0.1, 0.15) is 23.3 Å². The molecule has 5 rings (SSSR count). The average Bonchev–Trinajstić information content (AvgIpc) is 3.52. The molecular weight excluding hydrogens is 502 g/mol. The van der Waals surface area contributed by atoms with Crippen molar-refractivity contribution >= 4 is 23.4 Å². The fourth-order valence-corrected chi connectivity index (χ4v) is 5.50. The summed E-state index contributed by atoms with van der Waals surface area (Å²) in [6.45, 7) is 3.65. The molecule has 3 heterocycles. The highest BCUT2D eigenvalue weighted by Gasteiger charge is 2.35. The van der Waals surface area contributed by atoms with E-state index < -0.39 is 12.0 Å². The molecule has 4 aromatic rings. The molecule has 2 aromatic carbocycles. The van der Waals surface area contributed by atoms with Gasteiger partial charge in [-0.1, -0.05) is 41.7 Å². The number of para-hydroxylation sites is 1. The van der Waals surface area contributed by atoms with Crippen molar-refractivity contribution in [3.63, 3.8) is 0 Å². The highest BCUT2D eigenvalue weighted by atomic mass is 32.1. The molecule has 0 N–H and O–H groups in total. The second kappa shape index (κ2) is 10.4. The molecule has 0 bridgehead atoms. The van der Waals surface area contributed by atoms with E-state index in [1.807, 2.05) is 30.3 Å². The standard InChI is InChI=1S/C29H23N3O5S/c1-4-36-28(34)25-17(2)31-29-32(26(25)21-11-7-8-12-22(21)35-3)27(33)24(38-29)15-19-13-14-23(37-19)20-10-6-5-9-18(20)16-30/h5-15,26H,4H2,1-3H3/t26-/m0/s1. The van der Waals surface area contributed by atoms with Gasteiger partial charge in [0.25, 0.3) is 5.56 Å². The molecular formula is C29H23N3O5S. The fraction of sp³-hybridized carbons (Fsp3) is 0.172. The zero-order valence-electron chi connectivity index (χ0n) is 20.9. The van der Waals surface area contributed by atoms with E-state index >= 15 is 0 Å². The molecule has 0 saturated carbocycles. The molecule has 38 heavy (non-hydrogen) atoms. The van der Waals surface area contributed by atoms with Gasteiger partial charge in [-0.15, -0.1) is 0 Å². The lowest BCUT2D eigenvalue weighted by Crippen LogP contribution is -2.40. The Hall–Kier alpha value is -4.68. The van der Waals surface area contributed by atoms with Crippen molar-refractivity contribution in [2.75, 3.05) is 13.7 Å². The Labute approximate surface area is 222 Å². The molecule has 1 aliphatic heterocycles. The molecule has 0 fully saturated rings. The van der Waals surface area contributed by atoms with Crippen molar-refractivity contribution in [2.24, 2.45) is 4.99 Å². The Kier molecular flexibility index (Phi) is 6.81. The molecule has 1 atom stereocenters. The van der Waals surface area contributed by atoms with E-state index in [-0.39, 0.29) is 17.7 Å². The van der Waals surface area contributed by atoms with Crippen molar-refractivity contribution in [3.05, 3.63) is 109 Å². The Morgan fingerprint density at radius 1 is 1.18 bits per heavy atom. The third-order valence-corrected chi connectivity index (χ3v) is 7.15. The van der Waals surface area contributed by atoms with Crippen LogP contribution in [0, 0.1) is 11.3 Å². The van der Waals surface area contributed by atoms with Crippen LogP contribution in [-0.2, 0) is 9.53 Å². The Morgan fingerprint density at radius 2 is 1.95 bits per heavy atom. The van der Waals surface area contributed by atoms with Gasteiger partial charge >= 0.3 is 5.97 Å². The van der Waals surface area contributed by atoms with Crippen LogP contribution in [0.4, 0.5) is 0 Å². The van der Waals surface area contributed by atoms with E-state index in [2.05, 4.69) is 11.1 Å². The molecule has 2 aromatic heterocycles. The lowest BCUT2D eigenvalue weighted by atomic mass is 9.95. The maximum absolute atomic E-state index is 13.8. The highest BCUT2D eigenvalue weighted by Crippen LogP contribution is 2.35. The van der Waals surface area contributed by atoms with Crippen LogP contribution in [0.5, 0.6) is 5.75 Å². The van der Waals surface area contributed by atoms with Crippen LogP contribution >= 0.6 is 11.3 Å². The second-order valence-electron chi connectivity index (χ2n) is 8.40. The molecule has 9 heteroatoms. The quantitative estimate of drug-likeness (QED) is 0.353. The van der Waals surface area contributed by atoms with Gasteiger partial charge in [-0.2, -0.15) is 5.26 Å². The summed E-state index contributed by atoms with van der Waals surface area (Å²) in [6, 6.07) is 19.3. The third kappa shape index (κ3) is 4.35. The van der Waals surface area contributed by atoms with Crippen LogP contribution in [0.25, 0.3) is 17.4 Å². The smallest absolute Gasteiger partial charge is 0.338 e. The zero-order chi connectivity index (χ0) is 26.8. The van der Waals surface area contributed by atoms with Crippen LogP contribution < -0.4 is 19.6 Å². The molecule has 0 radical (unpaired) electrons. The van der Waals surface area contributed by atoms with Crippen LogP contribution in [0.1, 0.15) is 36.8 Å². The van der Waals surface area contributed by atoms with Crippen molar-refractivity contribution < 1.29 is 18.7 Å². The number of thiazole rings is 1. The first-order chi connectivity index (χ1) is 18.5. The average molecular weight is 526 g/mol. The SMILES string of the molecule is CCOC(=O)C1=C(C)N=c2sc(=Cc3ccc(-c4ccccc4C#N)o3)c(=O)n2[C@H]1c1ccccc1OC. The van der Waals surface area contributed by atoms with E-state index in [9.17, 15) is 14.9 Å². The Balaban J connectivity index is 1.67. The second-order valence-corrected chi connectivity index (χ2v) is 9.41. The summed E-state index contributed by atoms with van der Waals surface area (Å²) < 4.78 is 18.8. The number of allylic oxidation sites excluding steroid dienone is 1. The Bertz CT molecular complexity index is 1800. The molecule has 0 spiro atoms. The van der Waals surface area contributed by atoms with E-state index in [0.717, 1.165) is 0 Å². The predicted octanol–water partition coefficient (Wildman–Crippen LogP) is 3.94. The largest absolute Gasteiger partial charge is 0.496 e. The summed E-state index contributed by atoms with van der Waals surface area (Å²) in [6.07, 6.45) is 1.64. The number of carbonyl (C=O) groups excluding carboxylic acids is 1. The number of rotatable bonds is 6. The van der Waals surface area contributed by atoms with Crippen molar-refractivity contribution in [2.45, 2.75) is 19.9 Å². The first-order valence-corrected chi connectivity index (χ1v) is 12.7. The zero-order valence-corrected chi connectivity index (χ0v) is 21.7. The highest BCUT2D eigenvalue weighted by molar-refractivity contribution is 7.07. The monoisotopic (exact) mass is 525 g/mol. The van der Waals surface area contributed by atoms with Gasteiger partial charge in [0.05, 0.1) is 41.2 Å². The number of carbonyl (C=O) groups is 1. The minimum Gasteiger partial charge on any atom is -0.496 e. The van der Waals surface area contributed by atoms with Crippen molar-refractivity contribution in [1.29, 1.82) is 5.26 Å². The van der Waals surface area contributed by atoms with Crippen LogP contribution in [0.15, 0.2) is 86.1 Å². The lowest BCUT2D eigenvalue weighted by molar-refractivity contribution is -0.139. The topological polar surface area (TPSA) is 107 Å². The number of furan rings is 1. The van der Waals surface area contributed by atoms with Gasteiger partial charge in [0, 0.05) is 17.2 Å². The number of ether oxygens (including phenoxy) is 2. The number of nitrogens with zero attached hydrogens (tertiary/aromatic N) is 3. The molecule has 0 unspecified atom stereocenters. The summed E-state index contributed by atoms with van der Waals surface area (Å²) in [4.78, 5) is 31.9. The van der Waals surface area contributed by atoms with E-state index in [1.165, 1.54) is 15.9 Å². The van der Waals surface area contributed by atoms with Crippen LogP contribution in [-0.4, -0.2) is 24.3 Å². The van der Waals surface area contributed by atoms with Gasteiger partial charge in [0.15, 0.2) is 4.80 Å². The number of fused-ring (bicyclic) bond motifs is 1. The summed E-state index contributed by atoms with van der Waals surface area (Å²) in [5, 5.41) is 9.43. The maximum Gasteiger partial charge on any atom is 0.338 e. The molecule has 0 saturated heterocycles. The fourth-order valence-electron chi connectivity index (χ4n) is 4.48. The van der Waals surface area contributed by atoms with E-state index in [1.54, 1.807) is 57.4 Å². The van der Waals surface area contributed by atoms with Crippen molar-refractivity contribution in [3.8, 4) is 23.1 Å². The van der Waals surface area contributed by atoms with Crippen molar-refractivity contribution in [1.82, 2.24) is 4.57 Å². The van der Waals surface area contributed by atoms with Gasteiger partial charge in [-0.3, -0.25) is 9.36 Å². The maximum atomic E-state index is 13.8. The number of hydrogen-bond acceptors (Lipinski definition) is 8. The number of benzene rings is 2. The number of nitriles is 1. The number of hydrogen-bond donors (Lipinski definition) is 0. The van der Waals surface area contributed by atoms with Gasteiger partial charge in [-0.25, -0.2) is 9.79 Å². The molecule has 190 valence electrons. The van der Waals surface area contributed by atoms with Gasteiger partial charge in [-0.05, 0) is 44.2 Å². The molecule has 0 aliphatic carbocycles. The van der Waals surface area contributed by atoms with Gasteiger partial charge < -0.3 is 13.9 Å². The number of methoxy groups -OCH3 is 1. The van der Waals surface area contributed by atoms with E-state index in [0.29, 0.717) is 49.0 Å².